The van der Waals surface area contributed by atoms with E-state index in [1.807, 2.05) is 0 Å². The number of aromatic nitrogens is 1. The number of aryl methyl sites for hydroxylation is 1. The van der Waals surface area contributed by atoms with Crippen LogP contribution in [-0.2, 0) is 16.5 Å². The number of carbonyl (C=O) groups excluding carboxylic acids is 1. The van der Waals surface area contributed by atoms with Crippen molar-refractivity contribution in [1.82, 2.24) is 4.57 Å². The quantitative estimate of drug-likeness (QED) is 0.780. The first-order valence-corrected chi connectivity index (χ1v) is 7.55. The van der Waals surface area contributed by atoms with Gasteiger partial charge in [0.2, 0.25) is 0 Å². The van der Waals surface area contributed by atoms with Gasteiger partial charge in [-0.1, -0.05) is 6.42 Å². The van der Waals surface area contributed by atoms with Gasteiger partial charge in [0.05, 0.1) is 11.7 Å². The summed E-state index contributed by atoms with van der Waals surface area (Å²) in [5.74, 6) is 0.0468. The van der Waals surface area contributed by atoms with Crippen LogP contribution in [0.2, 0.25) is 0 Å². The van der Waals surface area contributed by atoms with E-state index in [2.05, 4.69) is 6.07 Å². The van der Waals surface area contributed by atoms with Crippen LogP contribution in [0.1, 0.15) is 41.7 Å². The number of esters is 1. The Labute approximate surface area is 123 Å². The lowest BCUT2D eigenvalue weighted by Gasteiger charge is -2.61. The highest BCUT2D eigenvalue weighted by molar-refractivity contribution is 5.88. The van der Waals surface area contributed by atoms with Crippen LogP contribution < -0.4 is 0 Å². The van der Waals surface area contributed by atoms with Crippen molar-refractivity contribution in [3.05, 3.63) is 23.5 Å². The molecule has 3 atom stereocenters. The average Bonchev–Trinajstić information content (AvgIpc) is 2.99. The SMILES string of the molecule is Cn1cc(C#N)cc1C(=O)OC1C2CCOC2C12CCC2. The smallest absolute Gasteiger partial charge is 0.355 e. The van der Waals surface area contributed by atoms with E-state index in [4.69, 9.17) is 14.7 Å². The predicted molar refractivity (Wildman–Crippen MR) is 73.5 cm³/mol. The molecule has 2 heterocycles. The number of ether oxygens (including phenoxy) is 2. The number of hydrogen-bond acceptors (Lipinski definition) is 4. The van der Waals surface area contributed by atoms with Crippen LogP contribution in [0.5, 0.6) is 0 Å². The third-order valence-electron chi connectivity index (χ3n) is 5.52. The van der Waals surface area contributed by atoms with Gasteiger partial charge in [-0.15, -0.1) is 0 Å². The fourth-order valence-corrected chi connectivity index (χ4v) is 4.34. The normalized spacial score (nSPS) is 31.9. The maximum absolute atomic E-state index is 12.4. The van der Waals surface area contributed by atoms with Gasteiger partial charge in [0, 0.05) is 31.2 Å². The number of carbonyl (C=O) groups is 1. The average molecular weight is 286 g/mol. The second kappa shape index (κ2) is 4.35. The molecule has 110 valence electrons. The van der Waals surface area contributed by atoms with Gasteiger partial charge in [-0.3, -0.25) is 0 Å². The molecule has 1 saturated heterocycles. The molecule has 1 spiro atoms. The highest BCUT2D eigenvalue weighted by atomic mass is 16.6. The maximum atomic E-state index is 12.4. The molecule has 0 radical (unpaired) electrons. The summed E-state index contributed by atoms with van der Waals surface area (Å²) in [5.41, 5.74) is 1.02. The van der Waals surface area contributed by atoms with Crippen LogP contribution in [0, 0.1) is 22.7 Å². The van der Waals surface area contributed by atoms with Gasteiger partial charge < -0.3 is 14.0 Å². The summed E-state index contributed by atoms with van der Waals surface area (Å²) in [4.78, 5) is 12.4. The van der Waals surface area contributed by atoms with Crippen molar-refractivity contribution in [2.75, 3.05) is 6.61 Å². The highest BCUT2D eigenvalue weighted by Gasteiger charge is 2.68. The topological polar surface area (TPSA) is 64.2 Å². The predicted octanol–water partition coefficient (Wildman–Crippen LogP) is 2.01. The molecule has 21 heavy (non-hydrogen) atoms. The third kappa shape index (κ3) is 1.63. The van der Waals surface area contributed by atoms with Gasteiger partial charge >= 0.3 is 5.97 Å². The first-order chi connectivity index (χ1) is 10.2. The lowest BCUT2D eigenvalue weighted by molar-refractivity contribution is -0.234. The summed E-state index contributed by atoms with van der Waals surface area (Å²) in [6.45, 7) is 0.786. The summed E-state index contributed by atoms with van der Waals surface area (Å²) in [5, 5.41) is 8.92. The van der Waals surface area contributed by atoms with E-state index in [9.17, 15) is 4.79 Å². The molecule has 2 aliphatic carbocycles. The first-order valence-electron chi connectivity index (χ1n) is 7.55. The Bertz CT molecular complexity index is 638. The molecule has 2 saturated carbocycles. The third-order valence-corrected chi connectivity index (χ3v) is 5.52. The number of nitriles is 1. The van der Waals surface area contributed by atoms with Crippen LogP contribution in [0.4, 0.5) is 0 Å². The molecule has 4 rings (SSSR count). The van der Waals surface area contributed by atoms with Gasteiger partial charge in [-0.2, -0.15) is 5.26 Å². The van der Waals surface area contributed by atoms with Crippen molar-refractivity contribution in [3.8, 4) is 6.07 Å². The van der Waals surface area contributed by atoms with Gasteiger partial charge in [-0.25, -0.2) is 4.79 Å². The highest BCUT2D eigenvalue weighted by Crippen LogP contribution is 2.64. The molecule has 3 aliphatic rings. The van der Waals surface area contributed by atoms with E-state index in [1.54, 1.807) is 23.9 Å². The molecule has 5 heteroatoms. The first kappa shape index (κ1) is 12.9. The Hall–Kier alpha value is -1.80. The minimum Gasteiger partial charge on any atom is -0.457 e. The Kier molecular flexibility index (Phi) is 2.67. The molecule has 1 aromatic heterocycles. The molecule has 3 fully saturated rings. The molecule has 3 unspecified atom stereocenters. The van der Waals surface area contributed by atoms with Crippen molar-refractivity contribution in [2.24, 2.45) is 18.4 Å². The van der Waals surface area contributed by atoms with Crippen LogP contribution >= 0.6 is 0 Å². The number of fused-ring (bicyclic) bond motifs is 2. The summed E-state index contributed by atoms with van der Waals surface area (Å²) in [7, 11) is 1.76. The molecular weight excluding hydrogens is 268 g/mol. The van der Waals surface area contributed by atoms with Crippen LogP contribution in [0.25, 0.3) is 0 Å². The fourth-order valence-electron chi connectivity index (χ4n) is 4.34. The minimum atomic E-state index is -0.319. The van der Waals surface area contributed by atoms with Gasteiger partial charge in [0.1, 0.15) is 17.9 Å². The van der Waals surface area contributed by atoms with E-state index in [1.165, 1.54) is 6.42 Å². The zero-order chi connectivity index (χ0) is 14.6. The molecule has 0 aromatic carbocycles. The van der Waals surface area contributed by atoms with Crippen LogP contribution in [0.3, 0.4) is 0 Å². The van der Waals surface area contributed by atoms with Crippen molar-refractivity contribution < 1.29 is 14.3 Å². The van der Waals surface area contributed by atoms with E-state index in [-0.39, 0.29) is 17.5 Å². The lowest BCUT2D eigenvalue weighted by atomic mass is 9.47. The second-order valence-corrected chi connectivity index (χ2v) is 6.49. The lowest BCUT2D eigenvalue weighted by Crippen LogP contribution is -2.67. The zero-order valence-electron chi connectivity index (χ0n) is 12.0. The van der Waals surface area contributed by atoms with Crippen molar-refractivity contribution in [3.63, 3.8) is 0 Å². The zero-order valence-corrected chi connectivity index (χ0v) is 12.0. The fraction of sp³-hybridized carbons (Fsp3) is 0.625. The van der Waals surface area contributed by atoms with Crippen molar-refractivity contribution in [1.29, 1.82) is 5.26 Å². The summed E-state index contributed by atoms with van der Waals surface area (Å²) in [6.07, 6.45) is 6.33. The molecular formula is C16H18N2O3. The maximum Gasteiger partial charge on any atom is 0.355 e. The van der Waals surface area contributed by atoms with E-state index < -0.39 is 0 Å². The van der Waals surface area contributed by atoms with Crippen LogP contribution in [0.15, 0.2) is 12.3 Å². The molecule has 0 N–H and O–H groups in total. The van der Waals surface area contributed by atoms with E-state index in [0.717, 1.165) is 25.9 Å². The number of hydrogen-bond donors (Lipinski definition) is 0. The summed E-state index contributed by atoms with van der Waals surface area (Å²) < 4.78 is 13.3. The van der Waals surface area contributed by atoms with E-state index in [0.29, 0.717) is 23.3 Å². The second-order valence-electron chi connectivity index (χ2n) is 6.49. The van der Waals surface area contributed by atoms with Crippen LogP contribution in [-0.4, -0.2) is 29.4 Å². The minimum absolute atomic E-state index is 0.00770. The van der Waals surface area contributed by atoms with Crippen molar-refractivity contribution in [2.45, 2.75) is 37.9 Å². The Morgan fingerprint density at radius 2 is 2.38 bits per heavy atom. The van der Waals surface area contributed by atoms with E-state index >= 15 is 0 Å². The molecule has 1 aromatic rings. The Balaban J connectivity index is 1.54. The molecule has 1 aliphatic heterocycles. The van der Waals surface area contributed by atoms with Gasteiger partial charge in [0.15, 0.2) is 0 Å². The Morgan fingerprint density at radius 1 is 1.57 bits per heavy atom. The van der Waals surface area contributed by atoms with Crippen molar-refractivity contribution >= 4 is 5.97 Å². The van der Waals surface area contributed by atoms with Gasteiger partial charge in [-0.05, 0) is 25.3 Å². The molecule has 0 bridgehead atoms. The number of nitrogens with zero attached hydrogens (tertiary/aromatic N) is 2. The number of rotatable bonds is 2. The molecule has 0 amide bonds. The van der Waals surface area contributed by atoms with Gasteiger partial charge in [0.25, 0.3) is 0 Å². The largest absolute Gasteiger partial charge is 0.457 e. The standard InChI is InChI=1S/C16H18N2O3/c1-18-9-10(8-17)7-12(18)15(19)21-14-11-3-6-20-13(11)16(14)4-2-5-16/h7,9,11,13-14H,2-6H2,1H3. The molecule has 5 nitrogen and oxygen atoms in total. The summed E-state index contributed by atoms with van der Waals surface area (Å²) >= 11 is 0. The summed E-state index contributed by atoms with van der Waals surface area (Å²) in [6, 6.07) is 3.65. The monoisotopic (exact) mass is 286 g/mol. The Morgan fingerprint density at radius 3 is 3.00 bits per heavy atom.